The van der Waals surface area contributed by atoms with E-state index >= 15 is 0 Å². The zero-order chi connectivity index (χ0) is 24.1. The summed E-state index contributed by atoms with van der Waals surface area (Å²) in [4.78, 5) is 17.4. The second kappa shape index (κ2) is 11.7. The molecule has 1 aliphatic carbocycles. The maximum absolute atomic E-state index is 12.5. The van der Waals surface area contributed by atoms with Crippen molar-refractivity contribution in [1.29, 1.82) is 0 Å². The largest absolute Gasteiger partial charge is 0.351 e. The van der Waals surface area contributed by atoms with Crippen LogP contribution in [0.3, 0.4) is 0 Å². The molecule has 1 aromatic carbocycles. The van der Waals surface area contributed by atoms with Crippen molar-refractivity contribution in [3.63, 3.8) is 0 Å². The highest BCUT2D eigenvalue weighted by Gasteiger charge is 2.30. The van der Waals surface area contributed by atoms with Crippen LogP contribution >= 0.6 is 0 Å². The first-order chi connectivity index (χ1) is 16.5. The number of piperidine rings is 1. The first kappa shape index (κ1) is 25.2. The number of carbonyl (C=O) groups is 1. The van der Waals surface area contributed by atoms with Gasteiger partial charge in [0.05, 0.1) is 6.54 Å². The van der Waals surface area contributed by atoms with Crippen LogP contribution in [0.2, 0.25) is 0 Å². The quantitative estimate of drug-likeness (QED) is 0.534. The van der Waals surface area contributed by atoms with E-state index in [1.165, 1.54) is 68.1 Å². The molecule has 4 rings (SSSR count). The summed E-state index contributed by atoms with van der Waals surface area (Å²) in [5, 5.41) is 4.44. The lowest BCUT2D eigenvalue weighted by Gasteiger charge is -2.42. The highest BCUT2D eigenvalue weighted by Crippen LogP contribution is 2.35. The number of hydrogen-bond acceptors (Lipinski definition) is 3. The minimum absolute atomic E-state index is 0.112. The average molecular weight is 467 g/mol. The van der Waals surface area contributed by atoms with E-state index in [-0.39, 0.29) is 5.91 Å². The van der Waals surface area contributed by atoms with Gasteiger partial charge in [-0.05, 0) is 75.1 Å². The van der Waals surface area contributed by atoms with Gasteiger partial charge in [0.2, 0.25) is 5.91 Å². The molecular weight excluding hydrogens is 420 g/mol. The smallest absolute Gasteiger partial charge is 0.234 e. The van der Waals surface area contributed by atoms with E-state index in [1.54, 1.807) is 0 Å². The van der Waals surface area contributed by atoms with Gasteiger partial charge in [0, 0.05) is 48.8 Å². The molecule has 188 valence electrons. The number of aromatic nitrogens is 1. The number of nitrogens with zero attached hydrogens (tertiary/aromatic N) is 3. The Bertz CT molecular complexity index is 915. The van der Waals surface area contributed by atoms with Gasteiger partial charge in [-0.3, -0.25) is 9.69 Å². The lowest BCUT2D eigenvalue weighted by atomic mass is 9.79. The maximum Gasteiger partial charge on any atom is 0.234 e. The Morgan fingerprint density at radius 1 is 1.00 bits per heavy atom. The van der Waals surface area contributed by atoms with Gasteiger partial charge in [0.25, 0.3) is 0 Å². The number of nitrogens with one attached hydrogen (secondary N) is 1. The van der Waals surface area contributed by atoms with Gasteiger partial charge in [-0.2, -0.15) is 0 Å². The first-order valence-corrected chi connectivity index (χ1v) is 13.8. The molecule has 1 saturated carbocycles. The fourth-order valence-electron chi connectivity index (χ4n) is 6.28. The third-order valence-corrected chi connectivity index (χ3v) is 8.65. The van der Waals surface area contributed by atoms with E-state index in [9.17, 15) is 4.79 Å². The minimum atomic E-state index is 0.112. The lowest BCUT2D eigenvalue weighted by Crippen LogP contribution is -2.43. The van der Waals surface area contributed by atoms with Crippen molar-refractivity contribution in [3.8, 4) is 0 Å². The molecule has 2 aliphatic rings. The van der Waals surface area contributed by atoms with Crippen LogP contribution in [0.5, 0.6) is 0 Å². The van der Waals surface area contributed by atoms with Crippen LogP contribution in [0.1, 0.15) is 77.8 Å². The van der Waals surface area contributed by atoms with Crippen LogP contribution in [-0.2, 0) is 11.3 Å². The van der Waals surface area contributed by atoms with E-state index in [0.717, 1.165) is 31.0 Å². The van der Waals surface area contributed by atoms with Crippen molar-refractivity contribution in [2.24, 2.45) is 11.8 Å². The van der Waals surface area contributed by atoms with E-state index in [0.29, 0.717) is 19.1 Å². The van der Waals surface area contributed by atoms with E-state index in [4.69, 9.17) is 0 Å². The van der Waals surface area contributed by atoms with Crippen molar-refractivity contribution in [2.45, 2.75) is 84.8 Å². The molecule has 1 amide bonds. The molecule has 1 saturated heterocycles. The Balaban J connectivity index is 1.37. The summed E-state index contributed by atoms with van der Waals surface area (Å²) in [7, 11) is 0. The highest BCUT2D eigenvalue weighted by atomic mass is 16.2. The van der Waals surface area contributed by atoms with E-state index in [2.05, 4.69) is 77.8 Å². The summed E-state index contributed by atoms with van der Waals surface area (Å²) in [5.74, 6) is 1.89. The molecule has 1 aromatic heterocycles. The standard InChI is InChI=1S/C29H46N4O/c1-5-31(6-2)21-29(34)30-19-24-20-33(28-10-8-7-9-27(24)28)26-15-17-32(18-16-26)25-13-11-23(12-14-25)22(3)4/h7-10,20,22-23,25-26H,5-6,11-19,21H2,1-4H3,(H,30,34)/t23-,25+. The second-order valence-corrected chi connectivity index (χ2v) is 10.9. The van der Waals surface area contributed by atoms with Crippen molar-refractivity contribution < 1.29 is 4.79 Å². The van der Waals surface area contributed by atoms with Crippen LogP contribution in [0.25, 0.3) is 10.9 Å². The van der Waals surface area contributed by atoms with Crippen LogP contribution in [-0.4, -0.2) is 59.0 Å². The average Bonchev–Trinajstić information content (AvgIpc) is 3.25. The normalized spacial score (nSPS) is 22.6. The van der Waals surface area contributed by atoms with Gasteiger partial charge in [-0.25, -0.2) is 0 Å². The molecule has 0 bridgehead atoms. The molecule has 2 fully saturated rings. The number of para-hydroxylation sites is 1. The molecule has 2 aromatic rings. The predicted molar refractivity (Wildman–Crippen MR) is 142 cm³/mol. The summed E-state index contributed by atoms with van der Waals surface area (Å²) in [6.45, 7) is 14.3. The molecular formula is C29H46N4O. The molecule has 5 heteroatoms. The molecule has 2 heterocycles. The van der Waals surface area contributed by atoms with Gasteiger partial charge in [0.1, 0.15) is 0 Å². The first-order valence-electron chi connectivity index (χ1n) is 13.8. The Hall–Kier alpha value is -1.85. The summed E-state index contributed by atoms with van der Waals surface area (Å²) in [6, 6.07) is 10.1. The van der Waals surface area contributed by atoms with Crippen molar-refractivity contribution in [2.75, 3.05) is 32.7 Å². The molecule has 1 aliphatic heterocycles. The highest BCUT2D eigenvalue weighted by molar-refractivity contribution is 5.85. The Morgan fingerprint density at radius 3 is 2.32 bits per heavy atom. The van der Waals surface area contributed by atoms with Crippen LogP contribution in [0.15, 0.2) is 30.5 Å². The minimum Gasteiger partial charge on any atom is -0.351 e. The number of fused-ring (bicyclic) bond motifs is 1. The van der Waals surface area contributed by atoms with Gasteiger partial charge in [-0.1, -0.05) is 45.9 Å². The topological polar surface area (TPSA) is 40.5 Å². The van der Waals surface area contributed by atoms with Gasteiger partial charge in [-0.15, -0.1) is 0 Å². The zero-order valence-electron chi connectivity index (χ0n) is 21.9. The molecule has 0 unspecified atom stereocenters. The molecule has 1 N–H and O–H groups in total. The number of likely N-dealkylation sites (tertiary alicyclic amines) is 1. The van der Waals surface area contributed by atoms with Gasteiger partial charge < -0.3 is 14.8 Å². The predicted octanol–water partition coefficient (Wildman–Crippen LogP) is 5.45. The summed E-state index contributed by atoms with van der Waals surface area (Å²) >= 11 is 0. The number of rotatable bonds is 9. The zero-order valence-corrected chi connectivity index (χ0v) is 21.9. The van der Waals surface area contributed by atoms with Crippen molar-refractivity contribution in [1.82, 2.24) is 19.7 Å². The molecule has 0 radical (unpaired) electrons. The number of hydrogen-bond donors (Lipinski definition) is 1. The Morgan fingerprint density at radius 2 is 1.68 bits per heavy atom. The maximum atomic E-state index is 12.5. The molecule has 5 nitrogen and oxygen atoms in total. The fourth-order valence-corrected chi connectivity index (χ4v) is 6.28. The summed E-state index contributed by atoms with van der Waals surface area (Å²) < 4.78 is 2.51. The van der Waals surface area contributed by atoms with Gasteiger partial charge in [0.15, 0.2) is 0 Å². The van der Waals surface area contributed by atoms with Crippen LogP contribution < -0.4 is 5.32 Å². The monoisotopic (exact) mass is 466 g/mol. The molecule has 34 heavy (non-hydrogen) atoms. The fraction of sp³-hybridized carbons (Fsp3) is 0.690. The summed E-state index contributed by atoms with van der Waals surface area (Å²) in [6.07, 6.45) is 10.3. The number of likely N-dealkylation sites (N-methyl/N-ethyl adjacent to an activating group) is 1. The molecule has 0 spiro atoms. The van der Waals surface area contributed by atoms with Crippen LogP contribution in [0.4, 0.5) is 0 Å². The SMILES string of the molecule is CCN(CC)CC(=O)NCc1cn(C2CCN([C@H]3CC[C@@H](C(C)C)CC3)CC2)c2ccccc12. The lowest BCUT2D eigenvalue weighted by molar-refractivity contribution is -0.122. The number of amides is 1. The third kappa shape index (κ3) is 5.85. The number of carbonyl (C=O) groups excluding carboxylic acids is 1. The van der Waals surface area contributed by atoms with E-state index < -0.39 is 0 Å². The third-order valence-electron chi connectivity index (χ3n) is 8.65. The van der Waals surface area contributed by atoms with E-state index in [1.807, 2.05) is 0 Å². The Labute approximate surface area is 206 Å². The summed E-state index contributed by atoms with van der Waals surface area (Å²) in [5.41, 5.74) is 2.55. The van der Waals surface area contributed by atoms with Gasteiger partial charge >= 0.3 is 0 Å². The van der Waals surface area contributed by atoms with Crippen molar-refractivity contribution in [3.05, 3.63) is 36.0 Å². The number of benzene rings is 1. The van der Waals surface area contributed by atoms with Crippen molar-refractivity contribution >= 4 is 16.8 Å². The molecule has 0 atom stereocenters. The Kier molecular flexibility index (Phi) is 8.70. The van der Waals surface area contributed by atoms with Crippen LogP contribution in [0, 0.1) is 11.8 Å². The second-order valence-electron chi connectivity index (χ2n) is 10.9.